The summed E-state index contributed by atoms with van der Waals surface area (Å²) in [6.07, 6.45) is -0.367. The van der Waals surface area contributed by atoms with Crippen LogP contribution in [0.15, 0.2) is 18.2 Å². The zero-order valence-electron chi connectivity index (χ0n) is 12.0. The fourth-order valence-corrected chi connectivity index (χ4v) is 2.40. The van der Waals surface area contributed by atoms with E-state index in [1.807, 2.05) is 11.8 Å². The maximum absolute atomic E-state index is 11.4. The normalized spacial score (nSPS) is 22.1. The minimum absolute atomic E-state index is 0.0466. The fourth-order valence-electron chi connectivity index (χ4n) is 2.40. The minimum atomic E-state index is -0.488. The molecule has 2 atom stereocenters. The Balaban J connectivity index is 2.41. The molecule has 2 unspecified atom stereocenters. The van der Waals surface area contributed by atoms with Crippen LogP contribution in [0.25, 0.3) is 0 Å². The van der Waals surface area contributed by atoms with E-state index in [-0.39, 0.29) is 30.2 Å². The number of ketones is 1. The molecule has 0 spiro atoms. The number of aliphatic hydroxyl groups is 1. The van der Waals surface area contributed by atoms with Gasteiger partial charge in [-0.2, -0.15) is 0 Å². The number of aliphatic hydroxyl groups excluding tert-OH is 1. The third kappa shape index (κ3) is 3.20. The zero-order chi connectivity index (χ0) is 15.6. The SMILES string of the molecule is CC(=O)c1ccc(N2CC(CO)OCC2C)c([N+](=O)[O-])c1. The van der Waals surface area contributed by atoms with E-state index in [2.05, 4.69) is 0 Å². The van der Waals surface area contributed by atoms with Crippen molar-refractivity contribution in [3.8, 4) is 0 Å². The molecule has 1 aromatic carbocycles. The van der Waals surface area contributed by atoms with Gasteiger partial charge in [0.25, 0.3) is 5.69 Å². The van der Waals surface area contributed by atoms with Gasteiger partial charge < -0.3 is 14.7 Å². The molecule has 0 aliphatic carbocycles. The number of hydrogen-bond acceptors (Lipinski definition) is 6. The molecule has 1 aliphatic heterocycles. The van der Waals surface area contributed by atoms with Crippen LogP contribution in [0.3, 0.4) is 0 Å². The number of morpholine rings is 1. The quantitative estimate of drug-likeness (QED) is 0.512. The van der Waals surface area contributed by atoms with Gasteiger partial charge in [0.2, 0.25) is 0 Å². The average molecular weight is 294 g/mol. The van der Waals surface area contributed by atoms with E-state index < -0.39 is 4.92 Å². The summed E-state index contributed by atoms with van der Waals surface area (Å²) in [6.45, 7) is 3.89. The van der Waals surface area contributed by atoms with Crippen molar-refractivity contribution in [2.45, 2.75) is 26.0 Å². The summed E-state index contributed by atoms with van der Waals surface area (Å²) in [6, 6.07) is 4.43. The lowest BCUT2D eigenvalue weighted by atomic mass is 10.1. The van der Waals surface area contributed by atoms with Crippen LogP contribution in [0.4, 0.5) is 11.4 Å². The highest BCUT2D eigenvalue weighted by Crippen LogP contribution is 2.32. The molecule has 0 bridgehead atoms. The van der Waals surface area contributed by atoms with E-state index in [4.69, 9.17) is 4.74 Å². The van der Waals surface area contributed by atoms with Gasteiger partial charge in [-0.15, -0.1) is 0 Å². The Labute approximate surface area is 122 Å². The molecule has 0 amide bonds. The van der Waals surface area contributed by atoms with Crippen molar-refractivity contribution in [1.82, 2.24) is 0 Å². The number of nitro groups is 1. The maximum Gasteiger partial charge on any atom is 0.293 e. The highest BCUT2D eigenvalue weighted by Gasteiger charge is 2.30. The molecule has 7 heteroatoms. The lowest BCUT2D eigenvalue weighted by molar-refractivity contribution is -0.384. The summed E-state index contributed by atoms with van der Waals surface area (Å²) in [5, 5.41) is 20.5. The fraction of sp³-hybridized carbons (Fsp3) is 0.500. The molecule has 0 saturated carbocycles. The van der Waals surface area contributed by atoms with Gasteiger partial charge in [0.15, 0.2) is 5.78 Å². The Kier molecular flexibility index (Phi) is 4.54. The number of hydrogen-bond donors (Lipinski definition) is 1. The maximum atomic E-state index is 11.4. The highest BCUT2D eigenvalue weighted by atomic mass is 16.6. The monoisotopic (exact) mass is 294 g/mol. The standard InChI is InChI=1S/C14H18N2O5/c1-9-8-21-12(7-17)6-15(9)13-4-3-11(10(2)18)5-14(13)16(19)20/h3-5,9,12,17H,6-8H2,1-2H3. The molecular weight excluding hydrogens is 276 g/mol. The van der Waals surface area contributed by atoms with E-state index >= 15 is 0 Å². The molecule has 2 rings (SSSR count). The molecule has 1 aliphatic rings. The smallest absolute Gasteiger partial charge is 0.293 e. The number of nitrogens with zero attached hydrogens (tertiary/aromatic N) is 2. The van der Waals surface area contributed by atoms with E-state index in [1.165, 1.54) is 13.0 Å². The van der Waals surface area contributed by atoms with Gasteiger partial charge in [0, 0.05) is 24.2 Å². The third-order valence-electron chi connectivity index (χ3n) is 3.60. The van der Waals surface area contributed by atoms with Crippen molar-refractivity contribution in [2.24, 2.45) is 0 Å². The number of carbonyl (C=O) groups is 1. The van der Waals surface area contributed by atoms with Gasteiger partial charge in [-0.3, -0.25) is 14.9 Å². The zero-order valence-corrected chi connectivity index (χ0v) is 12.0. The van der Waals surface area contributed by atoms with E-state index in [1.54, 1.807) is 12.1 Å². The molecule has 1 aromatic rings. The van der Waals surface area contributed by atoms with Gasteiger partial charge in [0.1, 0.15) is 5.69 Å². The molecule has 1 N–H and O–H groups in total. The van der Waals surface area contributed by atoms with E-state index in [0.717, 1.165) is 0 Å². The Bertz CT molecular complexity index is 560. The molecule has 0 radical (unpaired) electrons. The first kappa shape index (κ1) is 15.4. The average Bonchev–Trinajstić information content (AvgIpc) is 2.47. The van der Waals surface area contributed by atoms with Gasteiger partial charge in [0.05, 0.1) is 24.2 Å². The summed E-state index contributed by atoms with van der Waals surface area (Å²) in [4.78, 5) is 24.0. The first-order valence-electron chi connectivity index (χ1n) is 6.72. The van der Waals surface area contributed by atoms with Crippen LogP contribution < -0.4 is 4.90 Å². The minimum Gasteiger partial charge on any atom is -0.394 e. The van der Waals surface area contributed by atoms with Crippen molar-refractivity contribution < 1.29 is 19.6 Å². The topological polar surface area (TPSA) is 92.9 Å². The summed E-state index contributed by atoms with van der Waals surface area (Å²) >= 11 is 0. The highest BCUT2D eigenvalue weighted by molar-refractivity contribution is 5.95. The van der Waals surface area contributed by atoms with Crippen LogP contribution in [0.5, 0.6) is 0 Å². The Morgan fingerprint density at radius 1 is 1.57 bits per heavy atom. The number of ether oxygens (including phenoxy) is 1. The first-order valence-corrected chi connectivity index (χ1v) is 6.72. The molecule has 1 heterocycles. The molecule has 1 saturated heterocycles. The predicted molar refractivity (Wildman–Crippen MR) is 76.7 cm³/mol. The Morgan fingerprint density at radius 3 is 2.86 bits per heavy atom. The largest absolute Gasteiger partial charge is 0.394 e. The van der Waals surface area contributed by atoms with Crippen molar-refractivity contribution in [3.63, 3.8) is 0 Å². The van der Waals surface area contributed by atoms with Crippen LogP contribution in [0.2, 0.25) is 0 Å². The van der Waals surface area contributed by atoms with Crippen molar-refractivity contribution in [3.05, 3.63) is 33.9 Å². The van der Waals surface area contributed by atoms with Crippen molar-refractivity contribution in [1.29, 1.82) is 0 Å². The van der Waals surface area contributed by atoms with Gasteiger partial charge in [-0.05, 0) is 26.0 Å². The lowest BCUT2D eigenvalue weighted by Gasteiger charge is -2.38. The molecule has 114 valence electrons. The number of carbonyl (C=O) groups excluding carboxylic acids is 1. The number of anilines is 1. The van der Waals surface area contributed by atoms with E-state index in [9.17, 15) is 20.0 Å². The third-order valence-corrected chi connectivity index (χ3v) is 3.60. The predicted octanol–water partition coefficient (Wildman–Crippen LogP) is 1.38. The molecule has 1 fully saturated rings. The van der Waals surface area contributed by atoms with E-state index in [0.29, 0.717) is 24.4 Å². The second-order valence-electron chi connectivity index (χ2n) is 5.16. The number of nitro benzene ring substituents is 1. The van der Waals surface area contributed by atoms with Crippen molar-refractivity contribution >= 4 is 17.2 Å². The molecule has 7 nitrogen and oxygen atoms in total. The van der Waals surface area contributed by atoms with Crippen LogP contribution in [0, 0.1) is 10.1 Å². The van der Waals surface area contributed by atoms with Gasteiger partial charge in [-0.1, -0.05) is 0 Å². The summed E-state index contributed by atoms with van der Waals surface area (Å²) in [5.74, 6) is -0.215. The summed E-state index contributed by atoms with van der Waals surface area (Å²) in [7, 11) is 0. The summed E-state index contributed by atoms with van der Waals surface area (Å²) < 4.78 is 5.44. The van der Waals surface area contributed by atoms with Gasteiger partial charge >= 0.3 is 0 Å². The Morgan fingerprint density at radius 2 is 2.29 bits per heavy atom. The summed E-state index contributed by atoms with van der Waals surface area (Å²) in [5.41, 5.74) is 0.650. The molecule has 21 heavy (non-hydrogen) atoms. The second-order valence-corrected chi connectivity index (χ2v) is 5.16. The van der Waals surface area contributed by atoms with Gasteiger partial charge in [-0.25, -0.2) is 0 Å². The number of Topliss-reactive ketones (excluding diaryl/α,β-unsaturated/α-hetero) is 1. The molecule has 0 aromatic heterocycles. The van der Waals surface area contributed by atoms with Crippen LogP contribution >= 0.6 is 0 Å². The Hall–Kier alpha value is -1.99. The second kappa shape index (κ2) is 6.19. The number of rotatable bonds is 4. The van der Waals surface area contributed by atoms with Crippen LogP contribution in [0.1, 0.15) is 24.2 Å². The lowest BCUT2D eigenvalue weighted by Crippen LogP contribution is -2.49. The van der Waals surface area contributed by atoms with Crippen molar-refractivity contribution in [2.75, 3.05) is 24.7 Å². The van der Waals surface area contributed by atoms with Crippen LogP contribution in [-0.4, -0.2) is 47.7 Å². The first-order chi connectivity index (χ1) is 9.93. The molecular formula is C14H18N2O5. The van der Waals surface area contributed by atoms with Crippen LogP contribution in [-0.2, 0) is 4.74 Å². The number of benzene rings is 1.